The molecule has 3 rings (SSSR count). The van der Waals surface area contributed by atoms with Crippen LogP contribution in [0.3, 0.4) is 0 Å². The monoisotopic (exact) mass is 556 g/mol. The number of carbonyl (C=O) groups excluding carboxylic acids is 2. The minimum Gasteiger partial charge on any atom is -0.423 e. The molecule has 4 nitrogen and oxygen atoms in total. The highest BCUT2D eigenvalue weighted by Crippen LogP contribution is 2.34. The van der Waals surface area contributed by atoms with Gasteiger partial charge in [0, 0.05) is 5.56 Å². The van der Waals surface area contributed by atoms with Crippen molar-refractivity contribution in [2.75, 3.05) is 0 Å². The zero-order valence-electron chi connectivity index (χ0n) is 27.3. The third kappa shape index (κ3) is 7.87. The van der Waals surface area contributed by atoms with Gasteiger partial charge in [0.2, 0.25) is 0 Å². The van der Waals surface area contributed by atoms with Gasteiger partial charge < -0.3 is 9.47 Å². The van der Waals surface area contributed by atoms with Crippen molar-refractivity contribution in [1.29, 1.82) is 0 Å². The molecule has 0 aliphatic heterocycles. The van der Waals surface area contributed by atoms with Gasteiger partial charge in [-0.05, 0) is 87.2 Å². The van der Waals surface area contributed by atoms with Crippen molar-refractivity contribution in [1.82, 2.24) is 0 Å². The van der Waals surface area contributed by atoms with Gasteiger partial charge in [-0.2, -0.15) is 0 Å². The Labute approximate surface area is 247 Å². The standard InChI is InChI=1S/C37H48O4/c1-23-30(40-32(38)24-17-26(34(2,3)4)21-27(18-24)35(5,6)7)15-14-16-31(23)41-33(39)25-19-28(36(8,9)10)22-29(20-25)37(11,12)13/h14-22H,1-13H3. The van der Waals surface area contributed by atoms with Crippen molar-refractivity contribution < 1.29 is 19.1 Å². The van der Waals surface area contributed by atoms with Gasteiger partial charge >= 0.3 is 11.9 Å². The van der Waals surface area contributed by atoms with Gasteiger partial charge in [-0.25, -0.2) is 9.59 Å². The molecule has 41 heavy (non-hydrogen) atoms. The Morgan fingerprint density at radius 1 is 0.488 bits per heavy atom. The summed E-state index contributed by atoms with van der Waals surface area (Å²) >= 11 is 0. The predicted octanol–water partition coefficient (Wildman–Crippen LogP) is 9.62. The summed E-state index contributed by atoms with van der Waals surface area (Å²) in [6.45, 7) is 27.4. The fourth-order valence-electron chi connectivity index (χ4n) is 4.36. The Morgan fingerprint density at radius 2 is 0.756 bits per heavy atom. The Hall–Kier alpha value is -3.40. The number of hydrogen-bond acceptors (Lipinski definition) is 4. The lowest BCUT2D eigenvalue weighted by atomic mass is 9.79. The fraction of sp³-hybridized carbons (Fsp3) is 0.459. The van der Waals surface area contributed by atoms with Crippen molar-refractivity contribution in [3.8, 4) is 11.5 Å². The van der Waals surface area contributed by atoms with Gasteiger partial charge in [-0.1, -0.05) is 101 Å². The SMILES string of the molecule is Cc1c(OC(=O)c2cc(C(C)(C)C)cc(C(C)(C)C)c2)cccc1OC(=O)c1cc(C(C)(C)C)cc(C(C)(C)C)c1. The van der Waals surface area contributed by atoms with Crippen LogP contribution in [0.4, 0.5) is 0 Å². The molecule has 0 aromatic heterocycles. The first-order chi connectivity index (χ1) is 18.6. The zero-order chi connectivity index (χ0) is 31.1. The molecule has 3 aromatic rings. The average molecular weight is 557 g/mol. The number of esters is 2. The van der Waals surface area contributed by atoms with Crippen LogP contribution in [0.5, 0.6) is 11.5 Å². The molecule has 0 heterocycles. The summed E-state index contributed by atoms with van der Waals surface area (Å²) in [6, 6.07) is 17.1. The highest BCUT2D eigenvalue weighted by atomic mass is 16.5. The van der Waals surface area contributed by atoms with Gasteiger partial charge in [0.15, 0.2) is 0 Å². The molecule has 0 spiro atoms. The van der Waals surface area contributed by atoms with Crippen molar-refractivity contribution in [3.05, 3.63) is 93.5 Å². The van der Waals surface area contributed by atoms with Crippen LogP contribution < -0.4 is 9.47 Å². The number of rotatable bonds is 4. The molecule has 0 radical (unpaired) electrons. The zero-order valence-corrected chi connectivity index (χ0v) is 27.3. The molecule has 0 saturated carbocycles. The quantitative estimate of drug-likeness (QED) is 0.237. The van der Waals surface area contributed by atoms with E-state index in [-0.39, 0.29) is 21.7 Å². The van der Waals surface area contributed by atoms with Crippen molar-refractivity contribution >= 4 is 11.9 Å². The van der Waals surface area contributed by atoms with Crippen LogP contribution in [0.2, 0.25) is 0 Å². The summed E-state index contributed by atoms with van der Waals surface area (Å²) in [6.07, 6.45) is 0. The molecule has 0 bridgehead atoms. The lowest BCUT2D eigenvalue weighted by Crippen LogP contribution is -2.20. The minimum atomic E-state index is -0.444. The van der Waals surface area contributed by atoms with E-state index in [1.165, 1.54) is 0 Å². The van der Waals surface area contributed by atoms with Crippen molar-refractivity contribution in [2.24, 2.45) is 0 Å². The Bertz CT molecular complexity index is 1280. The minimum absolute atomic E-state index is 0.128. The summed E-state index contributed by atoms with van der Waals surface area (Å²) in [5.74, 6) is -0.170. The van der Waals surface area contributed by atoms with Gasteiger partial charge in [-0.3, -0.25) is 0 Å². The molecule has 0 amide bonds. The highest BCUT2D eigenvalue weighted by molar-refractivity contribution is 5.93. The van der Waals surface area contributed by atoms with E-state index in [0.29, 0.717) is 28.2 Å². The maximum atomic E-state index is 13.4. The molecule has 3 aromatic carbocycles. The van der Waals surface area contributed by atoms with Crippen LogP contribution in [-0.2, 0) is 21.7 Å². The second kappa shape index (κ2) is 11.1. The molecule has 220 valence electrons. The molecule has 4 heteroatoms. The molecule has 0 aliphatic rings. The summed E-state index contributed by atoms with van der Waals surface area (Å²) in [5, 5.41) is 0. The van der Waals surface area contributed by atoms with Crippen molar-refractivity contribution in [3.63, 3.8) is 0 Å². The average Bonchev–Trinajstić information content (AvgIpc) is 2.83. The normalized spacial score (nSPS) is 12.7. The molecule has 0 saturated heterocycles. The summed E-state index contributed by atoms with van der Waals surface area (Å²) in [7, 11) is 0. The van der Waals surface area contributed by atoms with E-state index < -0.39 is 11.9 Å². The first kappa shape index (κ1) is 32.1. The molecule has 0 N–H and O–H groups in total. The van der Waals surface area contributed by atoms with Crippen LogP contribution >= 0.6 is 0 Å². The smallest absolute Gasteiger partial charge is 0.343 e. The number of carbonyl (C=O) groups is 2. The second-order valence-electron chi connectivity index (χ2n) is 15.3. The van der Waals surface area contributed by atoms with E-state index in [2.05, 4.69) is 95.2 Å². The number of ether oxygens (including phenoxy) is 2. The number of benzene rings is 3. The lowest BCUT2D eigenvalue weighted by molar-refractivity contribution is 0.0730. The van der Waals surface area contributed by atoms with E-state index in [4.69, 9.17) is 9.47 Å². The first-order valence-corrected chi connectivity index (χ1v) is 14.4. The summed E-state index contributed by atoms with van der Waals surface area (Å²) < 4.78 is 11.8. The fourth-order valence-corrected chi connectivity index (χ4v) is 4.36. The highest BCUT2D eigenvalue weighted by Gasteiger charge is 2.25. The van der Waals surface area contributed by atoms with Gasteiger partial charge in [-0.15, -0.1) is 0 Å². The summed E-state index contributed by atoms with van der Waals surface area (Å²) in [4.78, 5) is 26.8. The van der Waals surface area contributed by atoms with Gasteiger partial charge in [0.25, 0.3) is 0 Å². The van der Waals surface area contributed by atoms with E-state index in [9.17, 15) is 9.59 Å². The molecule has 0 aliphatic carbocycles. The van der Waals surface area contributed by atoms with Gasteiger partial charge in [0.1, 0.15) is 11.5 Å². The Morgan fingerprint density at radius 3 is 1.00 bits per heavy atom. The third-order valence-corrected chi connectivity index (χ3v) is 7.44. The first-order valence-electron chi connectivity index (χ1n) is 14.4. The van der Waals surface area contributed by atoms with Crippen LogP contribution in [0.1, 0.15) is 132 Å². The third-order valence-electron chi connectivity index (χ3n) is 7.44. The molecule has 0 unspecified atom stereocenters. The second-order valence-corrected chi connectivity index (χ2v) is 15.3. The van der Waals surface area contributed by atoms with E-state index in [1.54, 1.807) is 25.1 Å². The van der Waals surface area contributed by atoms with E-state index in [0.717, 1.165) is 22.3 Å². The predicted molar refractivity (Wildman–Crippen MR) is 169 cm³/mol. The topological polar surface area (TPSA) is 52.6 Å². The molecule has 0 atom stereocenters. The van der Waals surface area contributed by atoms with Crippen molar-refractivity contribution in [2.45, 2.75) is 112 Å². The lowest BCUT2D eigenvalue weighted by Gasteiger charge is -2.26. The maximum Gasteiger partial charge on any atom is 0.343 e. The Balaban J connectivity index is 1.94. The van der Waals surface area contributed by atoms with Crippen LogP contribution in [0, 0.1) is 6.92 Å². The molecular formula is C37H48O4. The van der Waals surface area contributed by atoms with E-state index >= 15 is 0 Å². The Kier molecular flexibility index (Phi) is 8.71. The van der Waals surface area contributed by atoms with Crippen LogP contribution in [0.25, 0.3) is 0 Å². The number of hydrogen-bond donors (Lipinski definition) is 0. The van der Waals surface area contributed by atoms with Crippen LogP contribution in [-0.4, -0.2) is 11.9 Å². The largest absolute Gasteiger partial charge is 0.423 e. The molecular weight excluding hydrogens is 508 g/mol. The summed E-state index contributed by atoms with van der Waals surface area (Å²) in [5.41, 5.74) is 5.36. The van der Waals surface area contributed by atoms with E-state index in [1.807, 2.05) is 24.3 Å². The maximum absolute atomic E-state index is 13.4. The molecule has 0 fully saturated rings. The van der Waals surface area contributed by atoms with Crippen LogP contribution in [0.15, 0.2) is 54.6 Å². The van der Waals surface area contributed by atoms with Gasteiger partial charge in [0.05, 0.1) is 11.1 Å².